The molecule has 0 aliphatic carbocycles. The van der Waals surface area contributed by atoms with Gasteiger partial charge in [0.1, 0.15) is 12.4 Å². The van der Waals surface area contributed by atoms with Gasteiger partial charge < -0.3 is 14.8 Å². The number of benzene rings is 2. The molecule has 8 heteroatoms. The molecule has 2 aromatic carbocycles. The fourth-order valence-corrected chi connectivity index (χ4v) is 4.11. The van der Waals surface area contributed by atoms with Crippen LogP contribution in [0.3, 0.4) is 0 Å². The number of esters is 1. The van der Waals surface area contributed by atoms with Crippen LogP contribution in [0.5, 0.6) is 5.75 Å². The lowest BCUT2D eigenvalue weighted by atomic mass is 9.89. The molecule has 0 radical (unpaired) electrons. The Kier molecular flexibility index (Phi) is 5.78. The molecule has 0 unspecified atom stereocenters. The zero-order chi connectivity index (χ0) is 23.5. The van der Waals surface area contributed by atoms with Crippen molar-refractivity contribution in [3.8, 4) is 5.75 Å². The van der Waals surface area contributed by atoms with E-state index in [9.17, 15) is 14.4 Å². The zero-order valence-electron chi connectivity index (χ0n) is 18.1. The lowest BCUT2D eigenvalue weighted by Gasteiger charge is -2.36. The van der Waals surface area contributed by atoms with Gasteiger partial charge in [-0.05, 0) is 23.8 Å². The minimum atomic E-state index is -0.726. The van der Waals surface area contributed by atoms with Crippen molar-refractivity contribution in [2.45, 2.75) is 6.04 Å². The van der Waals surface area contributed by atoms with Gasteiger partial charge in [-0.15, -0.1) is 0 Å². The van der Waals surface area contributed by atoms with Crippen LogP contribution < -0.4 is 10.1 Å². The summed E-state index contributed by atoms with van der Waals surface area (Å²) in [7, 11) is 0. The molecular formula is C26H21N3O5. The molecule has 0 spiro atoms. The molecule has 8 nitrogen and oxygen atoms in total. The highest BCUT2D eigenvalue weighted by Crippen LogP contribution is 2.39. The minimum Gasteiger partial charge on any atom is -0.447 e. The number of nitrogens with zero attached hydrogens (tertiary/aromatic N) is 2. The maximum Gasteiger partial charge on any atom is 0.414 e. The lowest BCUT2D eigenvalue weighted by molar-refractivity contribution is -0.130. The summed E-state index contributed by atoms with van der Waals surface area (Å²) in [6, 6.07) is 20.9. The molecular weight excluding hydrogens is 434 g/mol. The number of carbonyl (C=O) groups excluding carboxylic acids is 3. The summed E-state index contributed by atoms with van der Waals surface area (Å²) in [4.78, 5) is 44.8. The van der Waals surface area contributed by atoms with E-state index in [1.54, 1.807) is 42.6 Å². The predicted molar refractivity (Wildman–Crippen MR) is 122 cm³/mol. The summed E-state index contributed by atoms with van der Waals surface area (Å²) in [6.07, 6.45) is 2.46. The van der Waals surface area contributed by atoms with Crippen molar-refractivity contribution < 1.29 is 23.9 Å². The standard InChI is InChI=1S/C26H21N3O5/c30-24-20(15-28-24)23(29-21(16-33-26(29)32)17-8-3-1-4-9-17)22(18-10-7-13-27-14-18)25(31)34-19-11-5-2-6-12-19/h1-14,20-21H,15-16H2,(H,28,30)/t20-,21-/m1/s1. The molecule has 3 heterocycles. The maximum absolute atomic E-state index is 13.6. The topological polar surface area (TPSA) is 97.8 Å². The number of pyridine rings is 1. The van der Waals surface area contributed by atoms with Crippen molar-refractivity contribution in [3.63, 3.8) is 0 Å². The maximum atomic E-state index is 13.6. The third kappa shape index (κ3) is 4.01. The van der Waals surface area contributed by atoms with Gasteiger partial charge >= 0.3 is 12.1 Å². The average Bonchev–Trinajstić information content (AvgIpc) is 3.25. The molecule has 34 heavy (non-hydrogen) atoms. The van der Waals surface area contributed by atoms with Crippen molar-refractivity contribution in [3.05, 3.63) is 102 Å². The number of carbonyl (C=O) groups is 3. The quantitative estimate of drug-likeness (QED) is 0.265. The second-order valence-corrected chi connectivity index (χ2v) is 7.88. The van der Waals surface area contributed by atoms with E-state index in [1.165, 1.54) is 11.1 Å². The Morgan fingerprint density at radius 2 is 1.74 bits per heavy atom. The highest BCUT2D eigenvalue weighted by Gasteiger charge is 2.46. The first-order valence-electron chi connectivity index (χ1n) is 10.8. The van der Waals surface area contributed by atoms with E-state index in [2.05, 4.69) is 10.3 Å². The summed E-state index contributed by atoms with van der Waals surface area (Å²) in [5, 5.41) is 2.71. The van der Waals surface area contributed by atoms with E-state index in [0.717, 1.165) is 5.56 Å². The first kappa shape index (κ1) is 21.4. The van der Waals surface area contributed by atoms with Crippen LogP contribution in [-0.2, 0) is 14.3 Å². The molecule has 2 fully saturated rings. The summed E-state index contributed by atoms with van der Waals surface area (Å²) in [5.74, 6) is -1.36. The van der Waals surface area contributed by atoms with Crippen LogP contribution in [0.4, 0.5) is 4.79 Å². The van der Waals surface area contributed by atoms with Gasteiger partial charge in [0.15, 0.2) is 0 Å². The van der Waals surface area contributed by atoms with E-state index in [0.29, 0.717) is 11.3 Å². The molecule has 2 saturated heterocycles. The summed E-state index contributed by atoms with van der Waals surface area (Å²) < 4.78 is 11.1. The fourth-order valence-electron chi connectivity index (χ4n) is 4.11. The van der Waals surface area contributed by atoms with E-state index in [1.807, 2.05) is 36.4 Å². The highest BCUT2D eigenvalue weighted by atomic mass is 16.6. The number of amides is 2. The van der Waals surface area contributed by atoms with Crippen LogP contribution in [0.15, 0.2) is 90.9 Å². The number of rotatable bonds is 6. The minimum absolute atomic E-state index is 0.0920. The largest absolute Gasteiger partial charge is 0.447 e. The third-order valence-corrected chi connectivity index (χ3v) is 5.81. The number of ether oxygens (including phenoxy) is 2. The molecule has 2 aliphatic rings. The second kappa shape index (κ2) is 9.19. The van der Waals surface area contributed by atoms with Gasteiger partial charge in [0, 0.05) is 24.5 Å². The van der Waals surface area contributed by atoms with Gasteiger partial charge in [0.05, 0.1) is 23.2 Å². The predicted octanol–water partition coefficient (Wildman–Crippen LogP) is 3.34. The Balaban J connectivity index is 1.69. The molecule has 2 atom stereocenters. The van der Waals surface area contributed by atoms with Crippen molar-refractivity contribution in [2.24, 2.45) is 5.92 Å². The fraction of sp³-hybridized carbons (Fsp3) is 0.154. The van der Waals surface area contributed by atoms with Gasteiger partial charge in [-0.25, -0.2) is 9.59 Å². The molecule has 1 N–H and O–H groups in total. The van der Waals surface area contributed by atoms with E-state index in [4.69, 9.17) is 9.47 Å². The van der Waals surface area contributed by atoms with Crippen molar-refractivity contribution in [1.82, 2.24) is 15.2 Å². The van der Waals surface area contributed by atoms with Crippen LogP contribution >= 0.6 is 0 Å². The van der Waals surface area contributed by atoms with E-state index < -0.39 is 24.0 Å². The molecule has 170 valence electrons. The van der Waals surface area contributed by atoms with Gasteiger partial charge in [-0.3, -0.25) is 14.7 Å². The normalized spacial score (nSPS) is 20.1. The Bertz CT molecular complexity index is 1250. The lowest BCUT2D eigenvalue weighted by Crippen LogP contribution is -2.53. The Hall–Kier alpha value is -4.46. The molecule has 3 aromatic rings. The number of nitrogens with one attached hydrogen (secondary N) is 1. The van der Waals surface area contributed by atoms with Crippen molar-refractivity contribution in [2.75, 3.05) is 13.2 Å². The van der Waals surface area contributed by atoms with Gasteiger partial charge in [0.25, 0.3) is 0 Å². The highest BCUT2D eigenvalue weighted by molar-refractivity contribution is 6.19. The molecule has 1 aromatic heterocycles. The van der Waals surface area contributed by atoms with Crippen molar-refractivity contribution in [1.29, 1.82) is 0 Å². The summed E-state index contributed by atoms with van der Waals surface area (Å²) in [5.41, 5.74) is 1.60. The van der Waals surface area contributed by atoms with Crippen LogP contribution in [0.25, 0.3) is 5.57 Å². The summed E-state index contributed by atoms with van der Waals surface area (Å²) in [6.45, 7) is 0.372. The van der Waals surface area contributed by atoms with E-state index in [-0.39, 0.29) is 30.3 Å². The number of para-hydroxylation sites is 1. The zero-order valence-corrected chi connectivity index (χ0v) is 18.1. The number of hydrogen-bond donors (Lipinski definition) is 1. The molecule has 5 rings (SSSR count). The number of β-lactam (4-membered cyclic amide) rings is 1. The second-order valence-electron chi connectivity index (χ2n) is 7.88. The Labute approximate surface area is 195 Å². The molecule has 2 aliphatic heterocycles. The Morgan fingerprint density at radius 3 is 2.35 bits per heavy atom. The van der Waals surface area contributed by atoms with Crippen LogP contribution in [-0.4, -0.2) is 41.0 Å². The Morgan fingerprint density at radius 1 is 1.00 bits per heavy atom. The van der Waals surface area contributed by atoms with Crippen molar-refractivity contribution >= 4 is 23.5 Å². The molecule has 0 bridgehead atoms. The number of aromatic nitrogens is 1. The van der Waals surface area contributed by atoms with Crippen LogP contribution in [0.1, 0.15) is 17.2 Å². The number of hydrogen-bond acceptors (Lipinski definition) is 6. The first-order chi connectivity index (χ1) is 16.6. The summed E-state index contributed by atoms with van der Waals surface area (Å²) >= 11 is 0. The van der Waals surface area contributed by atoms with E-state index >= 15 is 0 Å². The SMILES string of the molecule is O=C(Oc1ccccc1)C(=C([C@H]1CNC1=O)N1C(=O)OC[C@@H]1c1ccccc1)c1cccnc1. The third-order valence-electron chi connectivity index (χ3n) is 5.81. The van der Waals surface area contributed by atoms with Crippen LogP contribution in [0.2, 0.25) is 0 Å². The van der Waals surface area contributed by atoms with Crippen LogP contribution in [0, 0.1) is 5.92 Å². The first-order valence-corrected chi connectivity index (χ1v) is 10.8. The molecule has 2 amide bonds. The van der Waals surface area contributed by atoms with Gasteiger partial charge in [-0.2, -0.15) is 0 Å². The van der Waals surface area contributed by atoms with Gasteiger partial charge in [0.2, 0.25) is 5.91 Å². The molecule has 0 saturated carbocycles. The number of cyclic esters (lactones) is 1. The monoisotopic (exact) mass is 455 g/mol. The smallest absolute Gasteiger partial charge is 0.414 e. The van der Waals surface area contributed by atoms with Gasteiger partial charge in [-0.1, -0.05) is 54.6 Å². The average molecular weight is 455 g/mol.